The summed E-state index contributed by atoms with van der Waals surface area (Å²) in [6.07, 6.45) is 7.17. The topological polar surface area (TPSA) is 53.3 Å². The lowest BCUT2D eigenvalue weighted by Crippen LogP contribution is -2.08. The lowest BCUT2D eigenvalue weighted by Gasteiger charge is -2.10. The maximum atomic E-state index is 11.7. The van der Waals surface area contributed by atoms with Crippen molar-refractivity contribution in [2.24, 2.45) is 0 Å². The number of carbonyl (C=O) groups excluding carboxylic acids is 1. The van der Waals surface area contributed by atoms with E-state index in [4.69, 9.17) is 10.00 Å². The normalized spacial score (nSPS) is 12.1. The summed E-state index contributed by atoms with van der Waals surface area (Å²) in [7, 11) is 1.98. The molecule has 1 aromatic rings. The van der Waals surface area contributed by atoms with Crippen LogP contribution in [0.4, 0.5) is 0 Å². The molecule has 120 valence electrons. The first kappa shape index (κ1) is 18.2. The second-order valence-electron chi connectivity index (χ2n) is 4.79. The van der Waals surface area contributed by atoms with Crippen molar-refractivity contribution < 1.29 is 9.53 Å². The first-order valence-electron chi connectivity index (χ1n) is 7.55. The average molecular weight is 310 g/mol. The summed E-state index contributed by atoms with van der Waals surface area (Å²) < 4.78 is 4.86. The smallest absolute Gasteiger partial charge is 0.348 e. The van der Waals surface area contributed by atoms with Gasteiger partial charge < -0.3 is 9.64 Å². The zero-order valence-corrected chi connectivity index (χ0v) is 13.8. The molecule has 0 amide bonds. The Hall–Kier alpha value is -2.80. The zero-order valence-electron chi connectivity index (χ0n) is 13.8. The van der Waals surface area contributed by atoms with Crippen LogP contribution >= 0.6 is 0 Å². The molecular formula is C19H22N2O2. The van der Waals surface area contributed by atoms with Crippen molar-refractivity contribution in [2.75, 3.05) is 20.2 Å². The number of hydrogen-bond acceptors (Lipinski definition) is 4. The molecule has 0 aliphatic rings. The van der Waals surface area contributed by atoms with Crippen molar-refractivity contribution in [3.05, 3.63) is 65.9 Å². The van der Waals surface area contributed by atoms with Crippen LogP contribution in [-0.2, 0) is 9.53 Å². The molecule has 0 aliphatic heterocycles. The van der Waals surface area contributed by atoms with Gasteiger partial charge in [-0.1, -0.05) is 36.4 Å². The van der Waals surface area contributed by atoms with Crippen molar-refractivity contribution in [1.29, 1.82) is 5.26 Å². The Balaban J connectivity index is 3.15. The Labute approximate surface area is 138 Å². The minimum atomic E-state index is -0.603. The molecule has 0 fully saturated rings. The highest BCUT2D eigenvalue weighted by Gasteiger charge is 2.08. The molecule has 0 unspecified atom stereocenters. The third-order valence-electron chi connectivity index (χ3n) is 3.16. The molecule has 1 aromatic carbocycles. The van der Waals surface area contributed by atoms with Crippen molar-refractivity contribution >= 4 is 11.5 Å². The maximum absolute atomic E-state index is 11.7. The van der Waals surface area contributed by atoms with Gasteiger partial charge in [-0.15, -0.1) is 0 Å². The number of hydrogen-bond donors (Lipinski definition) is 0. The second-order valence-corrected chi connectivity index (χ2v) is 4.79. The summed E-state index contributed by atoms with van der Waals surface area (Å²) in [5.41, 5.74) is 1.89. The molecule has 1 rings (SSSR count). The summed E-state index contributed by atoms with van der Waals surface area (Å²) in [5.74, 6) is -0.603. The fourth-order valence-electron chi connectivity index (χ4n) is 1.72. The first-order chi connectivity index (χ1) is 11.1. The lowest BCUT2D eigenvalue weighted by atomic mass is 10.0. The van der Waals surface area contributed by atoms with Crippen LogP contribution in [-0.4, -0.2) is 31.1 Å². The van der Waals surface area contributed by atoms with Gasteiger partial charge in [-0.25, -0.2) is 4.79 Å². The van der Waals surface area contributed by atoms with Gasteiger partial charge in [0.15, 0.2) is 0 Å². The van der Waals surface area contributed by atoms with Gasteiger partial charge in [-0.3, -0.25) is 0 Å². The predicted molar refractivity (Wildman–Crippen MR) is 92.2 cm³/mol. The van der Waals surface area contributed by atoms with Gasteiger partial charge in [0.2, 0.25) is 0 Å². The predicted octanol–water partition coefficient (Wildman–Crippen LogP) is 3.55. The molecule has 0 bridgehead atoms. The molecule has 4 heteroatoms. The highest BCUT2D eigenvalue weighted by molar-refractivity contribution is 5.93. The number of benzene rings is 1. The Morgan fingerprint density at radius 1 is 1.26 bits per heavy atom. The van der Waals surface area contributed by atoms with Gasteiger partial charge in [0, 0.05) is 13.6 Å². The molecule has 0 aliphatic carbocycles. The summed E-state index contributed by atoms with van der Waals surface area (Å²) in [6.45, 7) is 4.90. The van der Waals surface area contributed by atoms with Gasteiger partial charge in [0.25, 0.3) is 0 Å². The largest absolute Gasteiger partial charge is 0.462 e. The number of nitrogens with zero attached hydrogens (tertiary/aromatic N) is 2. The first-order valence-corrected chi connectivity index (χ1v) is 7.55. The van der Waals surface area contributed by atoms with Crippen LogP contribution in [0.5, 0.6) is 0 Å². The van der Waals surface area contributed by atoms with E-state index in [0.29, 0.717) is 0 Å². The molecule has 4 nitrogen and oxygen atoms in total. The van der Waals surface area contributed by atoms with E-state index >= 15 is 0 Å². The number of esters is 1. The highest BCUT2D eigenvalue weighted by Crippen LogP contribution is 2.16. The Bertz CT molecular complexity index is 637. The van der Waals surface area contributed by atoms with E-state index in [1.807, 2.05) is 60.6 Å². The summed E-state index contributed by atoms with van der Waals surface area (Å²) >= 11 is 0. The van der Waals surface area contributed by atoms with E-state index in [-0.39, 0.29) is 12.2 Å². The minimum Gasteiger partial charge on any atom is -0.462 e. The Morgan fingerprint density at radius 3 is 2.52 bits per heavy atom. The van der Waals surface area contributed by atoms with Gasteiger partial charge in [0.05, 0.1) is 6.61 Å². The minimum absolute atomic E-state index is 0.0162. The van der Waals surface area contributed by atoms with Crippen LogP contribution in [0.3, 0.4) is 0 Å². The van der Waals surface area contributed by atoms with Crippen molar-refractivity contribution in [3.63, 3.8) is 0 Å². The van der Waals surface area contributed by atoms with E-state index in [2.05, 4.69) is 6.92 Å². The SMILES string of the molecule is CCOC(=O)\C(C#N)=C/C=C(/C=C\N(C)CC)c1ccccc1. The Kier molecular flexibility index (Phi) is 7.95. The molecule has 0 N–H and O–H groups in total. The average Bonchev–Trinajstić information content (AvgIpc) is 2.58. The summed E-state index contributed by atoms with van der Waals surface area (Å²) in [6, 6.07) is 11.7. The van der Waals surface area contributed by atoms with E-state index in [1.54, 1.807) is 13.0 Å². The van der Waals surface area contributed by atoms with Crippen molar-refractivity contribution in [2.45, 2.75) is 13.8 Å². The van der Waals surface area contributed by atoms with Crippen LogP contribution in [0, 0.1) is 11.3 Å². The highest BCUT2D eigenvalue weighted by atomic mass is 16.5. The van der Waals surface area contributed by atoms with Gasteiger partial charge in [0.1, 0.15) is 11.6 Å². The van der Waals surface area contributed by atoms with E-state index < -0.39 is 5.97 Å². The van der Waals surface area contributed by atoms with Crippen LogP contribution in [0.2, 0.25) is 0 Å². The molecule has 0 aromatic heterocycles. The summed E-state index contributed by atoms with van der Waals surface area (Å²) in [5, 5.41) is 9.09. The van der Waals surface area contributed by atoms with Crippen LogP contribution in [0.15, 0.2) is 60.3 Å². The van der Waals surface area contributed by atoms with Gasteiger partial charge in [-0.05, 0) is 43.3 Å². The Morgan fingerprint density at radius 2 is 1.96 bits per heavy atom. The fourth-order valence-corrected chi connectivity index (χ4v) is 1.72. The van der Waals surface area contributed by atoms with E-state index in [0.717, 1.165) is 17.7 Å². The number of rotatable bonds is 7. The molecular weight excluding hydrogens is 288 g/mol. The quantitative estimate of drug-likeness (QED) is 0.334. The van der Waals surface area contributed by atoms with Gasteiger partial charge >= 0.3 is 5.97 Å². The monoisotopic (exact) mass is 310 g/mol. The number of allylic oxidation sites excluding steroid dienone is 4. The standard InChI is InChI=1S/C19H22N2O2/c1-4-21(3)14-13-17(16-9-7-6-8-10-16)11-12-18(15-20)19(22)23-5-2/h6-14H,4-5H2,1-3H3/b14-13-,17-11-,18-12-. The van der Waals surface area contributed by atoms with Crippen LogP contribution < -0.4 is 0 Å². The van der Waals surface area contributed by atoms with E-state index in [9.17, 15) is 4.79 Å². The fraction of sp³-hybridized carbons (Fsp3) is 0.263. The molecule has 0 saturated heterocycles. The maximum Gasteiger partial charge on any atom is 0.348 e. The lowest BCUT2D eigenvalue weighted by molar-refractivity contribution is -0.138. The van der Waals surface area contributed by atoms with Crippen molar-refractivity contribution in [1.82, 2.24) is 4.90 Å². The van der Waals surface area contributed by atoms with Crippen LogP contribution in [0.1, 0.15) is 19.4 Å². The molecule has 0 atom stereocenters. The van der Waals surface area contributed by atoms with Crippen molar-refractivity contribution in [3.8, 4) is 6.07 Å². The van der Waals surface area contributed by atoms with Crippen LogP contribution in [0.25, 0.3) is 5.57 Å². The second kappa shape index (κ2) is 10.0. The molecule has 0 saturated carbocycles. The molecule has 0 spiro atoms. The molecule has 23 heavy (non-hydrogen) atoms. The number of ether oxygens (including phenoxy) is 1. The van der Waals surface area contributed by atoms with Gasteiger partial charge in [-0.2, -0.15) is 5.26 Å². The number of carbonyl (C=O) groups is 1. The summed E-state index contributed by atoms with van der Waals surface area (Å²) in [4.78, 5) is 13.7. The zero-order chi connectivity index (χ0) is 17.1. The third kappa shape index (κ3) is 6.23. The third-order valence-corrected chi connectivity index (χ3v) is 3.16. The van der Waals surface area contributed by atoms with E-state index in [1.165, 1.54) is 6.08 Å². The molecule has 0 radical (unpaired) electrons. The number of nitriles is 1. The molecule has 0 heterocycles.